The van der Waals surface area contributed by atoms with Crippen LogP contribution < -0.4 is 5.32 Å². The van der Waals surface area contributed by atoms with Gasteiger partial charge in [0.15, 0.2) is 0 Å². The van der Waals surface area contributed by atoms with Crippen LogP contribution in [0.25, 0.3) is 0 Å². The van der Waals surface area contributed by atoms with E-state index in [1.165, 1.54) is 0 Å². The van der Waals surface area contributed by atoms with Gasteiger partial charge < -0.3 is 10.1 Å². The summed E-state index contributed by atoms with van der Waals surface area (Å²) >= 11 is 0. The highest BCUT2D eigenvalue weighted by Gasteiger charge is 2.21. The first-order valence-corrected chi connectivity index (χ1v) is 4.83. The summed E-state index contributed by atoms with van der Waals surface area (Å²) in [6.45, 7) is 4.12. The van der Waals surface area contributed by atoms with Gasteiger partial charge >= 0.3 is 5.97 Å². The van der Waals surface area contributed by atoms with Gasteiger partial charge in [-0.15, -0.1) is 0 Å². The first-order valence-electron chi connectivity index (χ1n) is 4.83. The van der Waals surface area contributed by atoms with Gasteiger partial charge in [0, 0.05) is 6.54 Å². The number of esters is 1. The van der Waals surface area contributed by atoms with Gasteiger partial charge in [-0.25, -0.2) is 0 Å². The lowest BCUT2D eigenvalue weighted by atomic mass is 10.0. The SMILES string of the molecule is C/C=C/COC(=O)C1CCCNC1. The van der Waals surface area contributed by atoms with E-state index < -0.39 is 0 Å². The molecule has 0 saturated carbocycles. The fourth-order valence-electron chi connectivity index (χ4n) is 1.40. The van der Waals surface area contributed by atoms with Crippen LogP contribution in [-0.4, -0.2) is 25.7 Å². The topological polar surface area (TPSA) is 38.3 Å². The number of hydrogen-bond donors (Lipinski definition) is 1. The van der Waals surface area contributed by atoms with Crippen molar-refractivity contribution in [1.29, 1.82) is 0 Å². The molecule has 0 radical (unpaired) electrons. The van der Waals surface area contributed by atoms with E-state index in [0.29, 0.717) is 6.61 Å². The minimum absolute atomic E-state index is 0.0645. The molecular weight excluding hydrogens is 166 g/mol. The second-order valence-electron chi connectivity index (χ2n) is 3.24. The summed E-state index contributed by atoms with van der Waals surface area (Å²) in [4.78, 5) is 11.4. The average Bonchev–Trinajstić information content (AvgIpc) is 2.19. The van der Waals surface area contributed by atoms with Crippen molar-refractivity contribution in [2.45, 2.75) is 19.8 Å². The van der Waals surface area contributed by atoms with Crippen LogP contribution in [0, 0.1) is 5.92 Å². The largest absolute Gasteiger partial charge is 0.461 e. The molecule has 1 saturated heterocycles. The molecule has 3 nitrogen and oxygen atoms in total. The molecule has 1 N–H and O–H groups in total. The van der Waals surface area contributed by atoms with Crippen molar-refractivity contribution < 1.29 is 9.53 Å². The van der Waals surface area contributed by atoms with E-state index in [4.69, 9.17) is 4.74 Å². The van der Waals surface area contributed by atoms with Crippen molar-refractivity contribution >= 4 is 5.97 Å². The standard InChI is InChI=1S/C10H17NO2/c1-2-3-7-13-10(12)9-5-4-6-11-8-9/h2-3,9,11H,4-8H2,1H3/b3-2+. The van der Waals surface area contributed by atoms with Gasteiger partial charge in [-0.1, -0.05) is 12.2 Å². The molecule has 0 aromatic heterocycles. The van der Waals surface area contributed by atoms with E-state index in [-0.39, 0.29) is 11.9 Å². The van der Waals surface area contributed by atoms with Crippen LogP contribution in [0.5, 0.6) is 0 Å². The summed E-state index contributed by atoms with van der Waals surface area (Å²) in [5.41, 5.74) is 0. The molecule has 0 bridgehead atoms. The lowest BCUT2D eigenvalue weighted by Gasteiger charge is -2.20. The van der Waals surface area contributed by atoms with Gasteiger partial charge in [0.2, 0.25) is 0 Å². The van der Waals surface area contributed by atoms with Gasteiger partial charge in [-0.3, -0.25) is 4.79 Å². The second kappa shape index (κ2) is 5.75. The molecule has 0 aromatic rings. The lowest BCUT2D eigenvalue weighted by molar-refractivity contribution is -0.147. The van der Waals surface area contributed by atoms with Crippen molar-refractivity contribution in [2.75, 3.05) is 19.7 Å². The Balaban J connectivity index is 2.21. The lowest BCUT2D eigenvalue weighted by Crippen LogP contribution is -2.35. The number of rotatable bonds is 3. The Morgan fingerprint density at radius 2 is 2.54 bits per heavy atom. The second-order valence-corrected chi connectivity index (χ2v) is 3.24. The van der Waals surface area contributed by atoms with E-state index in [1.54, 1.807) is 0 Å². The Kier molecular flexibility index (Phi) is 4.54. The van der Waals surface area contributed by atoms with Gasteiger partial charge in [0.1, 0.15) is 6.61 Å². The molecule has 1 heterocycles. The van der Waals surface area contributed by atoms with Crippen LogP contribution in [0.4, 0.5) is 0 Å². The monoisotopic (exact) mass is 183 g/mol. The third-order valence-corrected chi connectivity index (χ3v) is 2.19. The zero-order chi connectivity index (χ0) is 9.52. The maximum absolute atomic E-state index is 11.4. The molecule has 13 heavy (non-hydrogen) atoms. The summed E-state index contributed by atoms with van der Waals surface area (Å²) < 4.78 is 5.06. The number of allylic oxidation sites excluding steroid dienone is 1. The van der Waals surface area contributed by atoms with Crippen LogP contribution in [0.1, 0.15) is 19.8 Å². The third kappa shape index (κ3) is 3.59. The summed E-state index contributed by atoms with van der Waals surface area (Å²) in [7, 11) is 0. The first kappa shape index (κ1) is 10.3. The Bertz CT molecular complexity index is 183. The molecule has 0 spiro atoms. The van der Waals surface area contributed by atoms with Gasteiger partial charge in [0.25, 0.3) is 0 Å². The van der Waals surface area contributed by atoms with E-state index in [1.807, 2.05) is 19.1 Å². The maximum Gasteiger partial charge on any atom is 0.310 e. The molecule has 1 rings (SSSR count). The predicted molar refractivity (Wildman–Crippen MR) is 51.4 cm³/mol. The number of carbonyl (C=O) groups is 1. The Labute approximate surface area is 79.2 Å². The molecule has 1 fully saturated rings. The molecule has 0 amide bonds. The summed E-state index contributed by atoms with van der Waals surface area (Å²) in [6.07, 6.45) is 5.76. The third-order valence-electron chi connectivity index (χ3n) is 2.19. The minimum atomic E-state index is -0.0645. The van der Waals surface area contributed by atoms with Crippen LogP contribution >= 0.6 is 0 Å². The number of carbonyl (C=O) groups excluding carboxylic acids is 1. The van der Waals surface area contributed by atoms with E-state index in [9.17, 15) is 4.79 Å². The molecule has 1 unspecified atom stereocenters. The van der Waals surface area contributed by atoms with Crippen molar-refractivity contribution in [1.82, 2.24) is 5.32 Å². The Morgan fingerprint density at radius 3 is 3.15 bits per heavy atom. The molecule has 1 atom stereocenters. The summed E-state index contributed by atoms with van der Waals surface area (Å²) in [5, 5.41) is 3.19. The number of piperidine rings is 1. The van der Waals surface area contributed by atoms with Crippen LogP contribution in [0.15, 0.2) is 12.2 Å². The van der Waals surface area contributed by atoms with E-state index >= 15 is 0 Å². The maximum atomic E-state index is 11.4. The molecule has 74 valence electrons. The molecule has 0 aromatic carbocycles. The molecule has 3 heteroatoms. The Morgan fingerprint density at radius 1 is 1.69 bits per heavy atom. The fraction of sp³-hybridized carbons (Fsp3) is 0.700. The molecule has 0 aliphatic carbocycles. The highest BCUT2D eigenvalue weighted by Crippen LogP contribution is 2.11. The molecule has 1 aliphatic heterocycles. The Hall–Kier alpha value is -0.830. The zero-order valence-corrected chi connectivity index (χ0v) is 8.08. The quantitative estimate of drug-likeness (QED) is 0.526. The van der Waals surface area contributed by atoms with E-state index in [0.717, 1.165) is 25.9 Å². The van der Waals surface area contributed by atoms with Gasteiger partial charge in [-0.2, -0.15) is 0 Å². The van der Waals surface area contributed by atoms with Gasteiger partial charge in [-0.05, 0) is 26.3 Å². The number of ether oxygens (including phenoxy) is 1. The van der Waals surface area contributed by atoms with Crippen molar-refractivity contribution in [2.24, 2.45) is 5.92 Å². The molecule has 1 aliphatic rings. The smallest absolute Gasteiger partial charge is 0.310 e. The average molecular weight is 183 g/mol. The fourth-order valence-corrected chi connectivity index (χ4v) is 1.40. The van der Waals surface area contributed by atoms with Crippen molar-refractivity contribution in [3.63, 3.8) is 0 Å². The van der Waals surface area contributed by atoms with Crippen molar-refractivity contribution in [3.05, 3.63) is 12.2 Å². The minimum Gasteiger partial charge on any atom is -0.461 e. The summed E-state index contributed by atoms with van der Waals surface area (Å²) in [6, 6.07) is 0. The highest BCUT2D eigenvalue weighted by molar-refractivity contribution is 5.72. The number of hydrogen-bond acceptors (Lipinski definition) is 3. The van der Waals surface area contributed by atoms with Crippen LogP contribution in [-0.2, 0) is 9.53 Å². The van der Waals surface area contributed by atoms with Gasteiger partial charge in [0.05, 0.1) is 5.92 Å². The van der Waals surface area contributed by atoms with Crippen molar-refractivity contribution in [3.8, 4) is 0 Å². The predicted octanol–water partition coefficient (Wildman–Crippen LogP) is 1.11. The van der Waals surface area contributed by atoms with E-state index in [2.05, 4.69) is 5.32 Å². The van der Waals surface area contributed by atoms with Crippen LogP contribution in [0.3, 0.4) is 0 Å². The van der Waals surface area contributed by atoms with Crippen LogP contribution in [0.2, 0.25) is 0 Å². The molecular formula is C10H17NO2. The number of nitrogens with one attached hydrogen (secondary N) is 1. The highest BCUT2D eigenvalue weighted by atomic mass is 16.5. The summed E-state index contributed by atoms with van der Waals surface area (Å²) in [5.74, 6) is 0.00399. The first-order chi connectivity index (χ1) is 6.34. The zero-order valence-electron chi connectivity index (χ0n) is 8.08. The normalized spacial score (nSPS) is 23.3.